The fourth-order valence-corrected chi connectivity index (χ4v) is 3.20. The van der Waals surface area contributed by atoms with Gasteiger partial charge in [0.1, 0.15) is 9.84 Å². The molecule has 14 heavy (non-hydrogen) atoms. The number of carboxylic acid groups (broad SMARTS) is 1. The van der Waals surface area contributed by atoms with Gasteiger partial charge in [0.05, 0.1) is 17.4 Å². The van der Waals surface area contributed by atoms with Crippen molar-refractivity contribution in [1.82, 2.24) is 0 Å². The van der Waals surface area contributed by atoms with Crippen LogP contribution in [-0.2, 0) is 14.6 Å². The summed E-state index contributed by atoms with van der Waals surface area (Å²) in [6.45, 7) is -0.257. The molecule has 1 saturated heterocycles. The van der Waals surface area contributed by atoms with Crippen molar-refractivity contribution in [3.8, 4) is 0 Å². The molecule has 82 valence electrons. The Morgan fingerprint density at radius 3 is 2.36 bits per heavy atom. The van der Waals surface area contributed by atoms with E-state index in [1.165, 1.54) is 0 Å². The second kappa shape index (κ2) is 4.27. The molecule has 1 aliphatic heterocycles. The van der Waals surface area contributed by atoms with Gasteiger partial charge in [0.25, 0.3) is 0 Å². The molecule has 0 amide bonds. The van der Waals surface area contributed by atoms with Crippen LogP contribution in [0.2, 0.25) is 0 Å². The molecule has 0 aromatic rings. The van der Waals surface area contributed by atoms with Gasteiger partial charge >= 0.3 is 5.97 Å². The first kappa shape index (κ1) is 11.5. The third-order valence-corrected chi connectivity index (χ3v) is 4.38. The van der Waals surface area contributed by atoms with E-state index in [2.05, 4.69) is 0 Å². The Morgan fingerprint density at radius 2 is 1.86 bits per heavy atom. The summed E-state index contributed by atoms with van der Waals surface area (Å²) in [4.78, 5) is 10.8. The third kappa shape index (κ3) is 2.68. The molecule has 2 atom stereocenters. The first-order valence-corrected chi connectivity index (χ1v) is 6.32. The number of aliphatic hydroxyl groups is 1. The summed E-state index contributed by atoms with van der Waals surface area (Å²) in [6, 6.07) is 0. The minimum Gasteiger partial charge on any atom is -0.481 e. The lowest BCUT2D eigenvalue weighted by atomic mass is 9.89. The maximum absolute atomic E-state index is 11.2. The van der Waals surface area contributed by atoms with Crippen LogP contribution in [0.3, 0.4) is 0 Å². The molecular weight excluding hydrogens is 208 g/mol. The molecule has 0 aromatic heterocycles. The number of rotatable bonds is 2. The highest BCUT2D eigenvalue weighted by Gasteiger charge is 2.33. The highest BCUT2D eigenvalue weighted by Crippen LogP contribution is 2.25. The van der Waals surface area contributed by atoms with Crippen LogP contribution in [0.1, 0.15) is 12.8 Å². The number of carboxylic acids is 1. The second-order valence-corrected chi connectivity index (χ2v) is 5.92. The van der Waals surface area contributed by atoms with Crippen LogP contribution in [0.15, 0.2) is 0 Å². The van der Waals surface area contributed by atoms with Gasteiger partial charge in [-0.1, -0.05) is 0 Å². The maximum atomic E-state index is 11.2. The van der Waals surface area contributed by atoms with Crippen LogP contribution in [0.25, 0.3) is 0 Å². The maximum Gasteiger partial charge on any atom is 0.306 e. The van der Waals surface area contributed by atoms with Gasteiger partial charge in [0.15, 0.2) is 0 Å². The van der Waals surface area contributed by atoms with E-state index in [0.29, 0.717) is 0 Å². The zero-order valence-electron chi connectivity index (χ0n) is 7.72. The highest BCUT2D eigenvalue weighted by atomic mass is 32.2. The lowest BCUT2D eigenvalue weighted by Gasteiger charge is -2.17. The topological polar surface area (TPSA) is 91.7 Å². The molecule has 0 aromatic carbocycles. The molecule has 0 saturated carbocycles. The quantitative estimate of drug-likeness (QED) is 0.657. The van der Waals surface area contributed by atoms with E-state index in [0.717, 1.165) is 0 Å². The highest BCUT2D eigenvalue weighted by molar-refractivity contribution is 7.91. The second-order valence-electron chi connectivity index (χ2n) is 3.62. The average Bonchev–Trinajstić information content (AvgIpc) is 2.23. The molecule has 6 heteroatoms. The summed E-state index contributed by atoms with van der Waals surface area (Å²) in [5, 5.41) is 17.8. The average molecular weight is 222 g/mol. The molecule has 0 bridgehead atoms. The van der Waals surface area contributed by atoms with Crippen molar-refractivity contribution in [3.63, 3.8) is 0 Å². The molecule has 2 unspecified atom stereocenters. The first-order chi connectivity index (χ1) is 6.46. The molecule has 1 aliphatic rings. The smallest absolute Gasteiger partial charge is 0.306 e. The zero-order valence-corrected chi connectivity index (χ0v) is 8.53. The molecule has 0 aliphatic carbocycles. The van der Waals surface area contributed by atoms with Gasteiger partial charge in [-0.25, -0.2) is 8.42 Å². The Bertz CT molecular complexity index is 308. The normalized spacial score (nSPS) is 32.1. The number of aliphatic carboxylic acids is 1. The van der Waals surface area contributed by atoms with Crippen molar-refractivity contribution < 1.29 is 23.4 Å². The van der Waals surface area contributed by atoms with Gasteiger partial charge in [-0.05, 0) is 18.8 Å². The van der Waals surface area contributed by atoms with E-state index in [1.807, 2.05) is 0 Å². The van der Waals surface area contributed by atoms with Crippen molar-refractivity contribution in [3.05, 3.63) is 0 Å². The van der Waals surface area contributed by atoms with Crippen molar-refractivity contribution in [2.24, 2.45) is 11.8 Å². The molecule has 0 spiro atoms. The van der Waals surface area contributed by atoms with Gasteiger partial charge in [-0.2, -0.15) is 0 Å². The Kier molecular flexibility index (Phi) is 3.49. The predicted octanol–water partition coefficient (Wildman–Crippen LogP) is -0.496. The van der Waals surface area contributed by atoms with Crippen LogP contribution in [-0.4, -0.2) is 42.7 Å². The number of sulfone groups is 1. The summed E-state index contributed by atoms with van der Waals surface area (Å²) in [5.41, 5.74) is 0. The predicted molar refractivity (Wildman–Crippen MR) is 49.6 cm³/mol. The number of carbonyl (C=O) groups is 1. The summed E-state index contributed by atoms with van der Waals surface area (Å²) in [6.07, 6.45) is 0.360. The van der Waals surface area contributed by atoms with E-state index in [9.17, 15) is 13.2 Å². The fourth-order valence-electron chi connectivity index (χ4n) is 1.72. The van der Waals surface area contributed by atoms with Crippen molar-refractivity contribution in [1.29, 1.82) is 0 Å². The number of aliphatic hydroxyl groups excluding tert-OH is 1. The fraction of sp³-hybridized carbons (Fsp3) is 0.875. The molecule has 0 radical (unpaired) electrons. The van der Waals surface area contributed by atoms with E-state index < -0.39 is 27.6 Å². The summed E-state index contributed by atoms with van der Waals surface area (Å²) >= 11 is 0. The molecule has 1 fully saturated rings. The zero-order chi connectivity index (χ0) is 10.8. The van der Waals surface area contributed by atoms with Gasteiger partial charge in [-0.15, -0.1) is 0 Å². The Hall–Kier alpha value is -0.620. The monoisotopic (exact) mass is 222 g/mol. The van der Waals surface area contributed by atoms with Gasteiger partial charge in [-0.3, -0.25) is 4.79 Å². The van der Waals surface area contributed by atoms with Gasteiger partial charge in [0.2, 0.25) is 0 Å². The Morgan fingerprint density at radius 1 is 1.29 bits per heavy atom. The summed E-state index contributed by atoms with van der Waals surface area (Å²) in [7, 11) is -3.10. The minimum atomic E-state index is -3.10. The van der Waals surface area contributed by atoms with Crippen LogP contribution in [0.5, 0.6) is 0 Å². The van der Waals surface area contributed by atoms with Gasteiger partial charge in [0, 0.05) is 6.61 Å². The van der Waals surface area contributed by atoms with Crippen molar-refractivity contribution >= 4 is 15.8 Å². The van der Waals surface area contributed by atoms with Crippen LogP contribution >= 0.6 is 0 Å². The summed E-state index contributed by atoms with van der Waals surface area (Å²) < 4.78 is 22.5. The molecule has 5 nitrogen and oxygen atoms in total. The van der Waals surface area contributed by atoms with Crippen LogP contribution in [0.4, 0.5) is 0 Å². The summed E-state index contributed by atoms with van der Waals surface area (Å²) in [5.74, 6) is -2.26. The first-order valence-electron chi connectivity index (χ1n) is 4.50. The number of hydrogen-bond donors (Lipinski definition) is 2. The SMILES string of the molecule is O=C(O)C1CCS(=O)(=O)CCC1CO. The Balaban J connectivity index is 2.80. The van der Waals surface area contributed by atoms with E-state index in [4.69, 9.17) is 10.2 Å². The van der Waals surface area contributed by atoms with Gasteiger partial charge < -0.3 is 10.2 Å². The molecule has 1 rings (SSSR count). The number of hydrogen-bond acceptors (Lipinski definition) is 4. The van der Waals surface area contributed by atoms with E-state index in [1.54, 1.807) is 0 Å². The lowest BCUT2D eigenvalue weighted by molar-refractivity contribution is -0.144. The lowest BCUT2D eigenvalue weighted by Crippen LogP contribution is -2.25. The van der Waals surface area contributed by atoms with Crippen molar-refractivity contribution in [2.45, 2.75) is 12.8 Å². The van der Waals surface area contributed by atoms with Crippen LogP contribution < -0.4 is 0 Å². The minimum absolute atomic E-state index is 0.0119. The molecular formula is C8H14O5S. The van der Waals surface area contributed by atoms with E-state index >= 15 is 0 Å². The van der Waals surface area contributed by atoms with Crippen molar-refractivity contribution in [2.75, 3.05) is 18.1 Å². The molecule has 1 heterocycles. The Labute approximate surface area is 82.7 Å². The van der Waals surface area contributed by atoms with Crippen LogP contribution in [0, 0.1) is 11.8 Å². The largest absolute Gasteiger partial charge is 0.481 e. The third-order valence-electron chi connectivity index (χ3n) is 2.66. The molecule has 2 N–H and O–H groups in total. The standard InChI is InChI=1S/C8H14O5S/c9-5-6-1-3-14(12,13)4-2-7(6)8(10)11/h6-7,9H,1-5H2,(H,10,11). The van der Waals surface area contributed by atoms with E-state index in [-0.39, 0.29) is 31.0 Å².